The van der Waals surface area contributed by atoms with Crippen molar-refractivity contribution in [3.05, 3.63) is 75.4 Å². The molecule has 0 aliphatic rings. The average molecular weight is 330 g/mol. The summed E-state index contributed by atoms with van der Waals surface area (Å²) in [6.07, 6.45) is 0. The highest BCUT2D eigenvalue weighted by molar-refractivity contribution is 9.10. The molecule has 3 aromatic rings. The molecule has 0 amide bonds. The first kappa shape index (κ1) is 12.9. The quantitative estimate of drug-likeness (QED) is 0.724. The number of hydrogen-bond acceptors (Lipinski definition) is 2. The van der Waals surface area contributed by atoms with Crippen LogP contribution in [0.3, 0.4) is 0 Å². The Morgan fingerprint density at radius 3 is 2.25 bits per heavy atom. The van der Waals surface area contributed by atoms with Crippen LogP contribution in [-0.4, -0.2) is 14.3 Å². The van der Waals surface area contributed by atoms with Gasteiger partial charge in [-0.1, -0.05) is 34.1 Å². The van der Waals surface area contributed by atoms with E-state index in [0.717, 1.165) is 15.8 Å². The second-order valence-electron chi connectivity index (χ2n) is 4.39. The SMILES string of the molecule is Cc1nn(-c2ccc(Br)cc2)c(=O)n1-c1ccccc1. The van der Waals surface area contributed by atoms with E-state index in [1.807, 2.05) is 61.5 Å². The van der Waals surface area contributed by atoms with E-state index in [1.54, 1.807) is 4.57 Å². The van der Waals surface area contributed by atoms with Crippen LogP contribution >= 0.6 is 15.9 Å². The third kappa shape index (κ3) is 2.20. The van der Waals surface area contributed by atoms with Gasteiger partial charge in [-0.25, -0.2) is 9.36 Å². The highest BCUT2D eigenvalue weighted by atomic mass is 79.9. The summed E-state index contributed by atoms with van der Waals surface area (Å²) in [5, 5.41) is 4.34. The third-order valence-corrected chi connectivity index (χ3v) is 3.56. The summed E-state index contributed by atoms with van der Waals surface area (Å²) < 4.78 is 3.98. The second kappa shape index (κ2) is 5.09. The summed E-state index contributed by atoms with van der Waals surface area (Å²) in [4.78, 5) is 12.5. The van der Waals surface area contributed by atoms with Gasteiger partial charge in [0.1, 0.15) is 5.82 Å². The van der Waals surface area contributed by atoms with Crippen molar-refractivity contribution < 1.29 is 0 Å². The third-order valence-electron chi connectivity index (χ3n) is 3.03. The molecule has 0 fully saturated rings. The van der Waals surface area contributed by atoms with Crippen LogP contribution in [0.2, 0.25) is 0 Å². The van der Waals surface area contributed by atoms with Crippen molar-refractivity contribution in [2.75, 3.05) is 0 Å². The predicted molar refractivity (Wildman–Crippen MR) is 81.6 cm³/mol. The Labute approximate surface area is 124 Å². The lowest BCUT2D eigenvalue weighted by molar-refractivity contribution is 0.826. The predicted octanol–water partition coefficient (Wildman–Crippen LogP) is 3.09. The zero-order valence-corrected chi connectivity index (χ0v) is 12.4. The van der Waals surface area contributed by atoms with Crippen molar-refractivity contribution in [2.45, 2.75) is 6.92 Å². The van der Waals surface area contributed by atoms with Crippen LogP contribution in [0.5, 0.6) is 0 Å². The van der Waals surface area contributed by atoms with Crippen molar-refractivity contribution in [3.63, 3.8) is 0 Å². The van der Waals surface area contributed by atoms with E-state index in [1.165, 1.54) is 4.68 Å². The number of aryl methyl sites for hydroxylation is 1. The molecule has 0 radical (unpaired) electrons. The Bertz CT molecular complexity index is 788. The van der Waals surface area contributed by atoms with Gasteiger partial charge in [-0.05, 0) is 43.3 Å². The van der Waals surface area contributed by atoms with Gasteiger partial charge >= 0.3 is 5.69 Å². The topological polar surface area (TPSA) is 39.8 Å². The Morgan fingerprint density at radius 2 is 1.60 bits per heavy atom. The highest BCUT2D eigenvalue weighted by Gasteiger charge is 2.12. The molecule has 1 aromatic heterocycles. The Balaban J connectivity index is 2.17. The first-order valence-electron chi connectivity index (χ1n) is 6.17. The molecule has 1 heterocycles. The van der Waals surface area contributed by atoms with Crippen LogP contribution < -0.4 is 5.69 Å². The van der Waals surface area contributed by atoms with Crippen molar-refractivity contribution in [1.82, 2.24) is 14.3 Å². The lowest BCUT2D eigenvalue weighted by Gasteiger charge is -2.01. The standard InChI is InChI=1S/C15H12BrN3O/c1-11-17-19(14-9-7-12(16)8-10-14)15(20)18(11)13-5-3-2-4-6-13/h2-10H,1H3. The molecule has 0 saturated heterocycles. The molecular formula is C15H12BrN3O. The van der Waals surface area contributed by atoms with E-state index in [0.29, 0.717) is 5.82 Å². The van der Waals surface area contributed by atoms with Crippen LogP contribution in [0.25, 0.3) is 11.4 Å². The minimum atomic E-state index is -0.170. The van der Waals surface area contributed by atoms with Crippen LogP contribution in [0.15, 0.2) is 63.9 Å². The van der Waals surface area contributed by atoms with Gasteiger partial charge in [0, 0.05) is 4.47 Å². The molecule has 2 aromatic carbocycles. The van der Waals surface area contributed by atoms with Crippen LogP contribution in [-0.2, 0) is 0 Å². The van der Waals surface area contributed by atoms with Crippen molar-refractivity contribution in [3.8, 4) is 11.4 Å². The molecule has 0 aliphatic heterocycles. The van der Waals surface area contributed by atoms with E-state index >= 15 is 0 Å². The molecule has 0 aliphatic carbocycles. The molecule has 100 valence electrons. The van der Waals surface area contributed by atoms with Crippen LogP contribution in [0, 0.1) is 6.92 Å². The summed E-state index contributed by atoms with van der Waals surface area (Å²) in [6.45, 7) is 1.82. The second-order valence-corrected chi connectivity index (χ2v) is 5.30. The molecule has 4 nitrogen and oxygen atoms in total. The number of nitrogens with zero attached hydrogens (tertiary/aromatic N) is 3. The van der Waals surface area contributed by atoms with Gasteiger partial charge in [0.2, 0.25) is 0 Å². The first-order valence-corrected chi connectivity index (χ1v) is 6.96. The van der Waals surface area contributed by atoms with Crippen LogP contribution in [0.4, 0.5) is 0 Å². The molecule has 0 bridgehead atoms. The minimum Gasteiger partial charge on any atom is -0.247 e. The summed E-state index contributed by atoms with van der Waals surface area (Å²) in [5.41, 5.74) is 1.39. The van der Waals surface area contributed by atoms with E-state index in [2.05, 4.69) is 21.0 Å². The van der Waals surface area contributed by atoms with E-state index in [-0.39, 0.29) is 5.69 Å². The monoisotopic (exact) mass is 329 g/mol. The maximum absolute atomic E-state index is 12.5. The number of rotatable bonds is 2. The largest absolute Gasteiger partial charge is 0.355 e. The van der Waals surface area contributed by atoms with Gasteiger partial charge in [0.25, 0.3) is 0 Å². The fourth-order valence-corrected chi connectivity index (χ4v) is 2.35. The molecular weight excluding hydrogens is 318 g/mol. The average Bonchev–Trinajstić information content (AvgIpc) is 2.76. The van der Waals surface area contributed by atoms with Crippen molar-refractivity contribution in [2.24, 2.45) is 0 Å². The molecule has 0 spiro atoms. The molecule has 20 heavy (non-hydrogen) atoms. The molecule has 0 unspecified atom stereocenters. The lowest BCUT2D eigenvalue weighted by atomic mass is 10.3. The fraction of sp³-hybridized carbons (Fsp3) is 0.0667. The Kier molecular flexibility index (Phi) is 3.28. The van der Waals surface area contributed by atoms with Crippen molar-refractivity contribution >= 4 is 15.9 Å². The number of benzene rings is 2. The van der Waals surface area contributed by atoms with Crippen LogP contribution in [0.1, 0.15) is 5.82 Å². The molecule has 0 N–H and O–H groups in total. The summed E-state index contributed by atoms with van der Waals surface area (Å²) in [7, 11) is 0. The number of hydrogen-bond donors (Lipinski definition) is 0. The molecule has 5 heteroatoms. The maximum atomic E-state index is 12.5. The summed E-state index contributed by atoms with van der Waals surface area (Å²) in [5.74, 6) is 0.657. The van der Waals surface area contributed by atoms with Gasteiger partial charge in [-0.3, -0.25) is 0 Å². The van der Waals surface area contributed by atoms with Gasteiger partial charge in [0.15, 0.2) is 0 Å². The lowest BCUT2D eigenvalue weighted by Crippen LogP contribution is -2.22. The minimum absolute atomic E-state index is 0.170. The van der Waals surface area contributed by atoms with Crippen molar-refractivity contribution in [1.29, 1.82) is 0 Å². The number of para-hydroxylation sites is 1. The Morgan fingerprint density at radius 1 is 0.950 bits per heavy atom. The zero-order valence-electron chi connectivity index (χ0n) is 10.8. The van der Waals surface area contributed by atoms with E-state index in [9.17, 15) is 4.79 Å². The van der Waals surface area contributed by atoms with Gasteiger partial charge in [-0.15, -0.1) is 5.10 Å². The summed E-state index contributed by atoms with van der Waals surface area (Å²) in [6, 6.07) is 17.0. The van der Waals surface area contributed by atoms with Gasteiger partial charge in [0.05, 0.1) is 11.4 Å². The molecule has 3 rings (SSSR count). The number of halogens is 1. The van der Waals surface area contributed by atoms with E-state index in [4.69, 9.17) is 0 Å². The first-order chi connectivity index (χ1) is 9.66. The molecule has 0 saturated carbocycles. The normalized spacial score (nSPS) is 10.7. The fourth-order valence-electron chi connectivity index (χ4n) is 2.09. The number of aromatic nitrogens is 3. The summed E-state index contributed by atoms with van der Waals surface area (Å²) >= 11 is 3.38. The Hall–Kier alpha value is -2.14. The van der Waals surface area contributed by atoms with Gasteiger partial charge < -0.3 is 0 Å². The maximum Gasteiger partial charge on any atom is 0.355 e. The van der Waals surface area contributed by atoms with Gasteiger partial charge in [-0.2, -0.15) is 4.68 Å². The molecule has 0 atom stereocenters. The van der Waals surface area contributed by atoms with E-state index < -0.39 is 0 Å². The smallest absolute Gasteiger partial charge is 0.247 e. The zero-order chi connectivity index (χ0) is 14.1. The highest BCUT2D eigenvalue weighted by Crippen LogP contribution is 2.13.